The summed E-state index contributed by atoms with van der Waals surface area (Å²) in [5.41, 5.74) is 0.948. The normalized spacial score (nSPS) is 10.0. The van der Waals surface area contributed by atoms with Crippen LogP contribution in [0.25, 0.3) is 0 Å². The van der Waals surface area contributed by atoms with Gasteiger partial charge in [0.05, 0.1) is 6.54 Å². The van der Waals surface area contributed by atoms with Crippen LogP contribution in [0.2, 0.25) is 0 Å². The Morgan fingerprint density at radius 1 is 1.50 bits per heavy atom. The van der Waals surface area contributed by atoms with Crippen molar-refractivity contribution in [3.63, 3.8) is 0 Å². The SMILES string of the molecule is CCCNc1ncc(C)c(N(C)CC(=O)NC)n1. The lowest BCUT2D eigenvalue weighted by molar-refractivity contribution is -0.119. The number of nitrogens with zero attached hydrogens (tertiary/aromatic N) is 3. The van der Waals surface area contributed by atoms with Gasteiger partial charge < -0.3 is 15.5 Å². The van der Waals surface area contributed by atoms with Gasteiger partial charge in [-0.15, -0.1) is 0 Å². The molecule has 2 N–H and O–H groups in total. The van der Waals surface area contributed by atoms with Crippen LogP contribution in [-0.4, -0.2) is 43.1 Å². The van der Waals surface area contributed by atoms with Crippen molar-refractivity contribution in [2.75, 3.05) is 37.4 Å². The first-order valence-electron chi connectivity index (χ1n) is 6.07. The van der Waals surface area contributed by atoms with E-state index in [1.54, 1.807) is 13.2 Å². The van der Waals surface area contributed by atoms with E-state index in [0.717, 1.165) is 24.3 Å². The summed E-state index contributed by atoms with van der Waals surface area (Å²) in [5, 5.41) is 5.73. The molecule has 1 aromatic rings. The van der Waals surface area contributed by atoms with E-state index in [-0.39, 0.29) is 12.5 Å². The fourth-order valence-electron chi connectivity index (χ4n) is 1.51. The Hall–Kier alpha value is -1.85. The van der Waals surface area contributed by atoms with Gasteiger partial charge in [0.25, 0.3) is 0 Å². The number of nitrogens with one attached hydrogen (secondary N) is 2. The molecule has 0 bridgehead atoms. The van der Waals surface area contributed by atoms with Crippen molar-refractivity contribution in [3.8, 4) is 0 Å². The Morgan fingerprint density at radius 3 is 2.83 bits per heavy atom. The van der Waals surface area contributed by atoms with Gasteiger partial charge in [-0.3, -0.25) is 4.79 Å². The molecule has 0 aliphatic carbocycles. The Labute approximate surface area is 108 Å². The van der Waals surface area contributed by atoms with Crippen molar-refractivity contribution >= 4 is 17.7 Å². The first kappa shape index (κ1) is 14.2. The zero-order valence-corrected chi connectivity index (χ0v) is 11.4. The Kier molecular flexibility index (Phi) is 5.35. The van der Waals surface area contributed by atoms with Crippen molar-refractivity contribution in [1.82, 2.24) is 15.3 Å². The van der Waals surface area contributed by atoms with Gasteiger partial charge in [0.15, 0.2) is 0 Å². The molecule has 6 nitrogen and oxygen atoms in total. The first-order chi connectivity index (χ1) is 8.58. The lowest BCUT2D eigenvalue weighted by Crippen LogP contribution is -2.33. The van der Waals surface area contributed by atoms with E-state index in [4.69, 9.17) is 0 Å². The van der Waals surface area contributed by atoms with Gasteiger partial charge in [-0.25, -0.2) is 4.98 Å². The number of anilines is 2. The third-order valence-corrected chi connectivity index (χ3v) is 2.50. The summed E-state index contributed by atoms with van der Waals surface area (Å²) in [5.74, 6) is 1.33. The monoisotopic (exact) mass is 251 g/mol. The van der Waals surface area contributed by atoms with E-state index in [1.807, 2.05) is 18.9 Å². The van der Waals surface area contributed by atoms with Crippen molar-refractivity contribution in [3.05, 3.63) is 11.8 Å². The summed E-state index contributed by atoms with van der Waals surface area (Å²) in [6.45, 7) is 5.13. The topological polar surface area (TPSA) is 70.2 Å². The van der Waals surface area contributed by atoms with Crippen LogP contribution in [0.15, 0.2) is 6.20 Å². The molecule has 1 heterocycles. The van der Waals surface area contributed by atoms with Crippen LogP contribution < -0.4 is 15.5 Å². The van der Waals surface area contributed by atoms with Gasteiger partial charge in [-0.1, -0.05) is 6.92 Å². The molecule has 0 aliphatic heterocycles. The van der Waals surface area contributed by atoms with Crippen molar-refractivity contribution in [1.29, 1.82) is 0 Å². The molecule has 1 amide bonds. The molecule has 100 valence electrons. The number of hydrogen-bond donors (Lipinski definition) is 2. The largest absolute Gasteiger partial charge is 0.358 e. The highest BCUT2D eigenvalue weighted by Gasteiger charge is 2.11. The van der Waals surface area contributed by atoms with E-state index in [9.17, 15) is 4.79 Å². The lowest BCUT2D eigenvalue weighted by Gasteiger charge is -2.19. The molecule has 0 aliphatic rings. The zero-order valence-electron chi connectivity index (χ0n) is 11.4. The molecule has 0 aromatic carbocycles. The highest BCUT2D eigenvalue weighted by Crippen LogP contribution is 2.16. The average molecular weight is 251 g/mol. The first-order valence-corrected chi connectivity index (χ1v) is 6.07. The van der Waals surface area contributed by atoms with Gasteiger partial charge in [-0.2, -0.15) is 4.98 Å². The quantitative estimate of drug-likeness (QED) is 0.782. The van der Waals surface area contributed by atoms with E-state index >= 15 is 0 Å². The highest BCUT2D eigenvalue weighted by molar-refractivity contribution is 5.80. The Balaban J connectivity index is 2.82. The predicted octanol–water partition coefficient (Wildman–Crippen LogP) is 0.789. The molecule has 1 aromatic heterocycles. The second kappa shape index (κ2) is 6.78. The maximum absolute atomic E-state index is 11.4. The lowest BCUT2D eigenvalue weighted by atomic mass is 10.3. The minimum atomic E-state index is -0.0430. The molecule has 0 saturated heterocycles. The van der Waals surface area contributed by atoms with Crippen LogP contribution in [0.5, 0.6) is 0 Å². The molecule has 1 rings (SSSR count). The molecule has 0 radical (unpaired) electrons. The van der Waals surface area contributed by atoms with Gasteiger partial charge in [0.2, 0.25) is 11.9 Å². The van der Waals surface area contributed by atoms with Crippen LogP contribution in [-0.2, 0) is 4.79 Å². The van der Waals surface area contributed by atoms with Crippen LogP contribution in [0.1, 0.15) is 18.9 Å². The number of likely N-dealkylation sites (N-methyl/N-ethyl adjacent to an activating group) is 2. The molecule has 0 atom stereocenters. The third kappa shape index (κ3) is 3.87. The number of carbonyl (C=O) groups excluding carboxylic acids is 1. The van der Waals surface area contributed by atoms with Crippen LogP contribution in [0.4, 0.5) is 11.8 Å². The smallest absolute Gasteiger partial charge is 0.239 e. The number of carbonyl (C=O) groups is 1. The minimum Gasteiger partial charge on any atom is -0.358 e. The van der Waals surface area contributed by atoms with E-state index in [1.165, 1.54) is 0 Å². The minimum absolute atomic E-state index is 0.0430. The summed E-state index contributed by atoms with van der Waals surface area (Å²) in [6, 6.07) is 0. The molecule has 0 unspecified atom stereocenters. The Bertz CT molecular complexity index is 407. The molecule has 6 heteroatoms. The molecule has 18 heavy (non-hydrogen) atoms. The van der Waals surface area contributed by atoms with Gasteiger partial charge >= 0.3 is 0 Å². The van der Waals surface area contributed by atoms with Crippen molar-refractivity contribution < 1.29 is 4.79 Å². The Morgan fingerprint density at radius 2 is 2.22 bits per heavy atom. The summed E-state index contributed by atoms with van der Waals surface area (Å²) in [4.78, 5) is 21.8. The fourth-order valence-corrected chi connectivity index (χ4v) is 1.51. The highest BCUT2D eigenvalue weighted by atomic mass is 16.1. The molecule has 0 spiro atoms. The number of aromatic nitrogens is 2. The number of rotatable bonds is 6. The van der Waals surface area contributed by atoms with E-state index in [2.05, 4.69) is 27.5 Å². The van der Waals surface area contributed by atoms with Gasteiger partial charge in [0, 0.05) is 32.4 Å². The maximum atomic E-state index is 11.4. The van der Waals surface area contributed by atoms with Crippen LogP contribution in [0, 0.1) is 6.92 Å². The third-order valence-electron chi connectivity index (χ3n) is 2.50. The molecule has 0 saturated carbocycles. The molecule has 0 fully saturated rings. The molecular weight excluding hydrogens is 230 g/mol. The fraction of sp³-hybridized carbons (Fsp3) is 0.583. The summed E-state index contributed by atoms with van der Waals surface area (Å²) >= 11 is 0. The molecular formula is C12H21N5O. The summed E-state index contributed by atoms with van der Waals surface area (Å²) in [7, 11) is 3.46. The number of hydrogen-bond acceptors (Lipinski definition) is 5. The average Bonchev–Trinajstić information content (AvgIpc) is 2.37. The van der Waals surface area contributed by atoms with E-state index in [0.29, 0.717) is 5.95 Å². The predicted molar refractivity (Wildman–Crippen MR) is 72.9 cm³/mol. The summed E-state index contributed by atoms with van der Waals surface area (Å²) < 4.78 is 0. The maximum Gasteiger partial charge on any atom is 0.239 e. The number of aryl methyl sites for hydroxylation is 1. The van der Waals surface area contributed by atoms with Gasteiger partial charge in [0.1, 0.15) is 5.82 Å². The number of amides is 1. The van der Waals surface area contributed by atoms with Crippen LogP contribution >= 0.6 is 0 Å². The van der Waals surface area contributed by atoms with E-state index < -0.39 is 0 Å². The summed E-state index contributed by atoms with van der Waals surface area (Å²) in [6.07, 6.45) is 2.78. The second-order valence-corrected chi connectivity index (χ2v) is 4.16. The van der Waals surface area contributed by atoms with Crippen molar-refractivity contribution in [2.24, 2.45) is 0 Å². The van der Waals surface area contributed by atoms with Crippen molar-refractivity contribution in [2.45, 2.75) is 20.3 Å². The second-order valence-electron chi connectivity index (χ2n) is 4.16. The standard InChI is InChI=1S/C12H21N5O/c1-5-6-14-12-15-7-9(2)11(16-12)17(4)8-10(18)13-3/h7H,5-6,8H2,1-4H3,(H,13,18)(H,14,15,16). The van der Waals surface area contributed by atoms with Gasteiger partial charge in [-0.05, 0) is 13.3 Å². The zero-order chi connectivity index (χ0) is 13.5. The van der Waals surface area contributed by atoms with Crippen LogP contribution in [0.3, 0.4) is 0 Å².